The van der Waals surface area contributed by atoms with Crippen LogP contribution in [0, 0.1) is 11.8 Å². The Labute approximate surface area is 153 Å². The van der Waals surface area contributed by atoms with Crippen molar-refractivity contribution < 1.29 is 14.3 Å². The van der Waals surface area contributed by atoms with Crippen LogP contribution in [0.2, 0.25) is 0 Å². The molecule has 0 amide bonds. The number of esters is 1. The first kappa shape index (κ1) is 16.8. The van der Waals surface area contributed by atoms with Gasteiger partial charge in [0.2, 0.25) is 5.78 Å². The number of ether oxygens (including phenoxy) is 1. The summed E-state index contributed by atoms with van der Waals surface area (Å²) in [6.07, 6.45) is 5.44. The zero-order valence-corrected chi connectivity index (χ0v) is 14.6. The lowest BCUT2D eigenvalue weighted by molar-refractivity contribution is -0.140. The van der Waals surface area contributed by atoms with E-state index in [1.807, 2.05) is 48.5 Å². The van der Waals surface area contributed by atoms with Gasteiger partial charge in [0.15, 0.2) is 5.76 Å². The number of carbonyl (C=O) groups excluding carboxylic acids is 2. The number of hydrogen-bond acceptors (Lipinski definition) is 3. The predicted molar refractivity (Wildman–Crippen MR) is 99.3 cm³/mol. The fraction of sp³-hybridized carbons (Fsp3) is 0.304. The average Bonchev–Trinajstić information content (AvgIpc) is 3.46. The smallest absolute Gasteiger partial charge is 0.323 e. The Morgan fingerprint density at radius 1 is 0.962 bits per heavy atom. The number of cyclic esters (lactones) is 1. The summed E-state index contributed by atoms with van der Waals surface area (Å²) in [5.41, 5.74) is 2.27. The molecule has 1 saturated heterocycles. The van der Waals surface area contributed by atoms with Gasteiger partial charge in [-0.25, -0.2) is 0 Å². The van der Waals surface area contributed by atoms with E-state index < -0.39 is 5.92 Å². The van der Waals surface area contributed by atoms with Gasteiger partial charge in [-0.2, -0.15) is 0 Å². The number of benzene rings is 2. The van der Waals surface area contributed by atoms with E-state index in [9.17, 15) is 9.59 Å². The highest BCUT2D eigenvalue weighted by Crippen LogP contribution is 2.49. The number of hydrogen-bond donors (Lipinski definition) is 0. The number of carbonyl (C=O) groups is 2. The molecule has 1 saturated carbocycles. The predicted octanol–water partition coefficient (Wildman–Crippen LogP) is 4.44. The number of rotatable bonds is 6. The van der Waals surface area contributed by atoms with Gasteiger partial charge in [-0.1, -0.05) is 60.7 Å². The molecule has 2 aromatic rings. The van der Waals surface area contributed by atoms with Crippen molar-refractivity contribution in [1.82, 2.24) is 0 Å². The quantitative estimate of drug-likeness (QED) is 0.441. The van der Waals surface area contributed by atoms with Crippen LogP contribution in [-0.2, 0) is 20.7 Å². The molecule has 2 fully saturated rings. The lowest BCUT2D eigenvalue weighted by Crippen LogP contribution is -2.25. The van der Waals surface area contributed by atoms with Crippen molar-refractivity contribution >= 4 is 11.8 Å². The number of allylic oxidation sites excluding steroid dienone is 2. The van der Waals surface area contributed by atoms with Crippen LogP contribution >= 0.6 is 0 Å². The maximum atomic E-state index is 12.9. The summed E-state index contributed by atoms with van der Waals surface area (Å²) < 4.78 is 5.38. The average molecular weight is 346 g/mol. The van der Waals surface area contributed by atoms with Gasteiger partial charge in [0, 0.05) is 5.92 Å². The third-order valence-corrected chi connectivity index (χ3v) is 5.27. The van der Waals surface area contributed by atoms with Gasteiger partial charge in [-0.3, -0.25) is 9.59 Å². The normalized spacial score (nSPS) is 22.5. The first-order valence-electron chi connectivity index (χ1n) is 9.29. The first-order valence-corrected chi connectivity index (χ1v) is 9.29. The second-order valence-electron chi connectivity index (χ2n) is 7.13. The molecule has 1 heterocycles. The largest absolute Gasteiger partial charge is 0.422 e. The fourth-order valence-electron chi connectivity index (χ4n) is 3.82. The Hall–Kier alpha value is -2.68. The van der Waals surface area contributed by atoms with Crippen LogP contribution < -0.4 is 0 Å². The second kappa shape index (κ2) is 7.28. The van der Waals surface area contributed by atoms with E-state index in [0.717, 1.165) is 24.8 Å². The highest BCUT2D eigenvalue weighted by Gasteiger charge is 2.50. The van der Waals surface area contributed by atoms with Crippen molar-refractivity contribution in [3.05, 3.63) is 83.6 Å². The van der Waals surface area contributed by atoms with Crippen molar-refractivity contribution in [3.8, 4) is 0 Å². The minimum atomic E-state index is -0.687. The maximum absolute atomic E-state index is 12.9. The molecule has 4 rings (SSSR count). The zero-order chi connectivity index (χ0) is 17.9. The zero-order valence-electron chi connectivity index (χ0n) is 14.6. The molecule has 3 nitrogen and oxygen atoms in total. The first-order chi connectivity index (χ1) is 12.7. The molecule has 2 aromatic carbocycles. The van der Waals surface area contributed by atoms with Gasteiger partial charge in [0.25, 0.3) is 0 Å². The van der Waals surface area contributed by atoms with Gasteiger partial charge in [0.05, 0.1) is 0 Å². The lowest BCUT2D eigenvalue weighted by atomic mass is 9.80. The summed E-state index contributed by atoms with van der Waals surface area (Å²) in [6.45, 7) is 0. The molecular weight excluding hydrogens is 324 g/mol. The molecular formula is C23H22O3. The SMILES string of the molecule is O=C1OC(=CCCc2ccccc2)C(=O)C1C(c1ccccc1)C1CC1. The molecule has 0 radical (unpaired) electrons. The van der Waals surface area contributed by atoms with Gasteiger partial charge in [0.1, 0.15) is 5.92 Å². The minimum absolute atomic E-state index is 0.0591. The Balaban J connectivity index is 1.50. The second-order valence-corrected chi connectivity index (χ2v) is 7.13. The van der Waals surface area contributed by atoms with E-state index in [2.05, 4.69) is 12.1 Å². The van der Waals surface area contributed by atoms with Crippen molar-refractivity contribution in [2.75, 3.05) is 0 Å². The molecule has 2 aliphatic rings. The Morgan fingerprint density at radius 2 is 1.62 bits per heavy atom. The summed E-state index contributed by atoms with van der Waals surface area (Å²) in [4.78, 5) is 25.4. The van der Waals surface area contributed by atoms with E-state index in [4.69, 9.17) is 4.74 Å². The summed E-state index contributed by atoms with van der Waals surface area (Å²) in [6, 6.07) is 20.0. The van der Waals surface area contributed by atoms with Crippen LogP contribution in [-0.4, -0.2) is 11.8 Å². The van der Waals surface area contributed by atoms with E-state index in [0.29, 0.717) is 12.3 Å². The topological polar surface area (TPSA) is 43.4 Å². The Morgan fingerprint density at radius 3 is 2.27 bits per heavy atom. The monoisotopic (exact) mass is 346 g/mol. The summed E-state index contributed by atoms with van der Waals surface area (Å²) in [7, 11) is 0. The molecule has 2 unspecified atom stereocenters. The molecule has 132 valence electrons. The van der Waals surface area contributed by atoms with Crippen LogP contribution in [0.1, 0.15) is 36.3 Å². The molecule has 0 N–H and O–H groups in total. The highest BCUT2D eigenvalue weighted by atomic mass is 16.5. The Kier molecular flexibility index (Phi) is 4.70. The van der Waals surface area contributed by atoms with Gasteiger partial charge >= 0.3 is 5.97 Å². The van der Waals surface area contributed by atoms with Crippen molar-refractivity contribution in [3.63, 3.8) is 0 Å². The lowest BCUT2D eigenvalue weighted by Gasteiger charge is -2.19. The fourth-order valence-corrected chi connectivity index (χ4v) is 3.82. The summed E-state index contributed by atoms with van der Waals surface area (Å²) in [5, 5.41) is 0. The molecule has 0 aromatic heterocycles. The van der Waals surface area contributed by atoms with Gasteiger partial charge in [-0.15, -0.1) is 0 Å². The summed E-state index contributed by atoms with van der Waals surface area (Å²) in [5.74, 6) is -0.644. The highest BCUT2D eigenvalue weighted by molar-refractivity contribution is 6.14. The van der Waals surface area contributed by atoms with Crippen molar-refractivity contribution in [2.45, 2.75) is 31.6 Å². The number of ketones is 1. The maximum Gasteiger partial charge on any atom is 0.323 e. The van der Waals surface area contributed by atoms with E-state index >= 15 is 0 Å². The van der Waals surface area contributed by atoms with Gasteiger partial charge < -0.3 is 4.74 Å². The molecule has 1 aliphatic carbocycles. The van der Waals surface area contributed by atoms with Crippen LogP contribution in [0.25, 0.3) is 0 Å². The van der Waals surface area contributed by atoms with E-state index in [1.165, 1.54) is 5.56 Å². The Bertz CT molecular complexity index is 819. The third-order valence-electron chi connectivity index (χ3n) is 5.27. The molecule has 0 bridgehead atoms. The molecule has 2 atom stereocenters. The van der Waals surface area contributed by atoms with E-state index in [1.54, 1.807) is 6.08 Å². The van der Waals surface area contributed by atoms with Crippen LogP contribution in [0.15, 0.2) is 72.5 Å². The molecule has 0 spiro atoms. The van der Waals surface area contributed by atoms with Gasteiger partial charge in [-0.05, 0) is 48.8 Å². The van der Waals surface area contributed by atoms with Crippen LogP contribution in [0.4, 0.5) is 0 Å². The van der Waals surface area contributed by atoms with Crippen LogP contribution in [0.5, 0.6) is 0 Å². The molecule has 3 heteroatoms. The van der Waals surface area contributed by atoms with Crippen molar-refractivity contribution in [2.24, 2.45) is 11.8 Å². The van der Waals surface area contributed by atoms with Crippen LogP contribution in [0.3, 0.4) is 0 Å². The standard InChI is InChI=1S/C23H22O3/c24-22-19(13-7-10-16-8-3-1-4-9-16)26-23(25)21(22)20(18-14-15-18)17-11-5-2-6-12-17/h1-6,8-9,11-13,18,20-21H,7,10,14-15H2. The number of Topliss-reactive ketones (excluding diaryl/α,β-unsaturated/α-hetero) is 1. The third kappa shape index (κ3) is 3.48. The number of aryl methyl sites for hydroxylation is 1. The minimum Gasteiger partial charge on any atom is -0.422 e. The van der Waals surface area contributed by atoms with Crippen molar-refractivity contribution in [1.29, 1.82) is 0 Å². The summed E-state index contributed by atoms with van der Waals surface area (Å²) >= 11 is 0. The molecule has 26 heavy (non-hydrogen) atoms. The van der Waals surface area contributed by atoms with E-state index in [-0.39, 0.29) is 23.4 Å². The molecule has 1 aliphatic heterocycles.